The highest BCUT2D eigenvalue weighted by Crippen LogP contribution is 2.39. The number of pyridine rings is 1. The maximum Gasteiger partial charge on any atom is 0.135 e. The minimum Gasteiger partial charge on any atom is -0.457 e. The smallest absolute Gasteiger partial charge is 0.135 e. The molecule has 1 unspecified atom stereocenters. The van der Waals surface area contributed by atoms with Gasteiger partial charge in [-0.1, -0.05) is 18.2 Å². The zero-order chi connectivity index (χ0) is 23.8. The normalized spacial score (nSPS) is 16.0. The van der Waals surface area contributed by atoms with Crippen molar-refractivity contribution in [2.45, 2.75) is 18.9 Å². The molecule has 1 aliphatic heterocycles. The van der Waals surface area contributed by atoms with E-state index in [1.54, 1.807) is 4.68 Å². The summed E-state index contributed by atoms with van der Waals surface area (Å²) in [5.74, 6) is 2.04. The fourth-order valence-electron chi connectivity index (χ4n) is 4.78. The first-order valence-electron chi connectivity index (χ1n) is 11.9. The van der Waals surface area contributed by atoms with Crippen LogP contribution in [0.4, 0.5) is 5.82 Å². The summed E-state index contributed by atoms with van der Waals surface area (Å²) in [7, 11) is 1.91. The third kappa shape index (κ3) is 4.02. The minimum absolute atomic E-state index is 0.234. The number of fused-ring (bicyclic) bond motifs is 1. The van der Waals surface area contributed by atoms with E-state index in [9.17, 15) is 0 Å². The van der Waals surface area contributed by atoms with E-state index in [-0.39, 0.29) is 6.04 Å². The van der Waals surface area contributed by atoms with Gasteiger partial charge < -0.3 is 15.8 Å². The lowest BCUT2D eigenvalue weighted by Crippen LogP contribution is -2.32. The van der Waals surface area contributed by atoms with Gasteiger partial charge in [0.1, 0.15) is 23.0 Å². The number of hydrogen-bond donors (Lipinski definition) is 2. The molecule has 0 bridgehead atoms. The second-order valence-corrected chi connectivity index (χ2v) is 8.92. The summed E-state index contributed by atoms with van der Waals surface area (Å²) in [5, 5.41) is 13.9. The summed E-state index contributed by atoms with van der Waals surface area (Å²) < 4.78 is 9.92. The van der Waals surface area contributed by atoms with Gasteiger partial charge in [-0.3, -0.25) is 9.36 Å². The fourth-order valence-corrected chi connectivity index (χ4v) is 4.78. The summed E-state index contributed by atoms with van der Waals surface area (Å²) in [4.78, 5) is 4.56. The molecule has 4 heterocycles. The first kappa shape index (κ1) is 21.4. The molecular formula is C27H27N7O. The number of nitrogens with zero attached hydrogens (tertiary/aromatic N) is 5. The van der Waals surface area contributed by atoms with Crippen LogP contribution >= 0.6 is 0 Å². The van der Waals surface area contributed by atoms with E-state index in [4.69, 9.17) is 15.6 Å². The molecule has 0 spiro atoms. The van der Waals surface area contributed by atoms with Crippen LogP contribution in [-0.4, -0.2) is 37.6 Å². The van der Waals surface area contributed by atoms with Crippen molar-refractivity contribution in [3.8, 4) is 33.9 Å². The molecule has 1 saturated heterocycles. The van der Waals surface area contributed by atoms with Crippen molar-refractivity contribution in [2.24, 2.45) is 7.05 Å². The average molecular weight is 466 g/mol. The Bertz CT molecular complexity index is 1470. The lowest BCUT2D eigenvalue weighted by molar-refractivity contribution is 0.355. The number of rotatable bonds is 5. The average Bonchev–Trinajstić information content (AvgIpc) is 3.51. The maximum absolute atomic E-state index is 6.50. The van der Waals surface area contributed by atoms with Crippen molar-refractivity contribution < 1.29 is 4.74 Å². The van der Waals surface area contributed by atoms with Crippen molar-refractivity contribution in [3.05, 3.63) is 73.2 Å². The van der Waals surface area contributed by atoms with Gasteiger partial charge in [0.25, 0.3) is 0 Å². The highest BCUT2D eigenvalue weighted by molar-refractivity contribution is 6.06. The molecule has 8 heteroatoms. The molecule has 3 N–H and O–H groups in total. The number of nitrogens with two attached hydrogens (primary N) is 1. The molecular weight excluding hydrogens is 438 g/mol. The van der Waals surface area contributed by atoms with Crippen molar-refractivity contribution in [3.63, 3.8) is 0 Å². The molecule has 0 saturated carbocycles. The summed E-state index contributed by atoms with van der Waals surface area (Å²) in [5.41, 5.74) is 11.3. The molecule has 8 nitrogen and oxygen atoms in total. The molecule has 1 aliphatic rings. The van der Waals surface area contributed by atoms with Crippen LogP contribution in [0.2, 0.25) is 0 Å². The third-order valence-electron chi connectivity index (χ3n) is 6.49. The number of hydrogen-bond acceptors (Lipinski definition) is 6. The topological polar surface area (TPSA) is 95.8 Å². The van der Waals surface area contributed by atoms with Gasteiger partial charge in [-0.15, -0.1) is 0 Å². The fraction of sp³-hybridized carbons (Fsp3) is 0.222. The first-order chi connectivity index (χ1) is 17.2. The van der Waals surface area contributed by atoms with Gasteiger partial charge in [0, 0.05) is 42.7 Å². The van der Waals surface area contributed by atoms with Gasteiger partial charge in [0.2, 0.25) is 0 Å². The summed E-state index contributed by atoms with van der Waals surface area (Å²) >= 11 is 0. The van der Waals surface area contributed by atoms with E-state index in [1.165, 1.54) is 0 Å². The molecule has 5 aromatic rings. The van der Waals surface area contributed by atoms with Crippen LogP contribution in [0.5, 0.6) is 11.5 Å². The van der Waals surface area contributed by atoms with Gasteiger partial charge in [-0.2, -0.15) is 10.2 Å². The monoisotopic (exact) mass is 465 g/mol. The Hall–Kier alpha value is -4.17. The molecule has 0 radical (unpaired) electrons. The number of piperidine rings is 1. The third-order valence-corrected chi connectivity index (χ3v) is 6.49. The van der Waals surface area contributed by atoms with Crippen LogP contribution in [0.1, 0.15) is 18.9 Å². The summed E-state index contributed by atoms with van der Waals surface area (Å²) in [6.07, 6.45) is 7.86. The van der Waals surface area contributed by atoms with Crippen LogP contribution in [0, 0.1) is 0 Å². The number of ether oxygens (including phenoxy) is 1. The molecule has 1 atom stereocenters. The highest BCUT2D eigenvalue weighted by Gasteiger charge is 2.25. The van der Waals surface area contributed by atoms with Crippen molar-refractivity contribution >= 4 is 16.7 Å². The van der Waals surface area contributed by atoms with Gasteiger partial charge in [-0.05, 0) is 55.8 Å². The molecule has 0 amide bonds. The second kappa shape index (κ2) is 8.88. The number of aromatic nitrogens is 5. The lowest BCUT2D eigenvalue weighted by Gasteiger charge is -2.24. The van der Waals surface area contributed by atoms with Crippen molar-refractivity contribution in [1.29, 1.82) is 0 Å². The van der Waals surface area contributed by atoms with E-state index in [2.05, 4.69) is 20.1 Å². The SMILES string of the molecule is Cn1cc(-c2cnc(N)c3c(-c4ccc(Oc5ccccc5)cc4)nn(C4CCCNC4)c23)cn1. The largest absolute Gasteiger partial charge is 0.457 e. The standard InChI is InChI=1S/C27H27N7O/c1-33-17-19(14-31-33)23-16-30-27(28)24-25(32-34(26(23)24)20-6-5-13-29-15-20)18-9-11-22(12-10-18)35-21-7-3-2-4-8-21/h2-4,7-12,14,16-17,20,29H,5-6,13,15H2,1H3,(H2,28,30). The number of nitrogens with one attached hydrogen (secondary N) is 1. The van der Waals surface area contributed by atoms with E-state index in [0.29, 0.717) is 5.82 Å². The number of anilines is 1. The quantitative estimate of drug-likeness (QED) is 0.387. The Balaban J connectivity index is 1.48. The second-order valence-electron chi connectivity index (χ2n) is 8.92. The van der Waals surface area contributed by atoms with E-state index >= 15 is 0 Å². The van der Waals surface area contributed by atoms with E-state index < -0.39 is 0 Å². The molecule has 3 aromatic heterocycles. The van der Waals surface area contributed by atoms with Crippen LogP contribution in [0.3, 0.4) is 0 Å². The predicted molar refractivity (Wildman–Crippen MR) is 137 cm³/mol. The Morgan fingerprint density at radius 3 is 2.51 bits per heavy atom. The number of benzene rings is 2. The highest BCUT2D eigenvalue weighted by atomic mass is 16.5. The van der Waals surface area contributed by atoms with E-state index in [1.807, 2.05) is 80.2 Å². The number of nitrogen functional groups attached to an aromatic ring is 1. The first-order valence-corrected chi connectivity index (χ1v) is 11.9. The van der Waals surface area contributed by atoms with Gasteiger partial charge in [0.15, 0.2) is 0 Å². The maximum atomic E-state index is 6.50. The van der Waals surface area contributed by atoms with Crippen LogP contribution in [0.25, 0.3) is 33.3 Å². The summed E-state index contributed by atoms with van der Waals surface area (Å²) in [6, 6.07) is 18.0. The number of aryl methyl sites for hydroxylation is 1. The van der Waals surface area contributed by atoms with Crippen molar-refractivity contribution in [1.82, 2.24) is 29.9 Å². The molecule has 176 valence electrons. The van der Waals surface area contributed by atoms with Crippen LogP contribution in [-0.2, 0) is 7.05 Å². The zero-order valence-corrected chi connectivity index (χ0v) is 19.6. The molecule has 35 heavy (non-hydrogen) atoms. The Kier molecular flexibility index (Phi) is 5.42. The summed E-state index contributed by atoms with van der Waals surface area (Å²) in [6.45, 7) is 1.90. The van der Waals surface area contributed by atoms with Gasteiger partial charge in [0.05, 0.1) is 23.1 Å². The molecule has 1 fully saturated rings. The van der Waals surface area contributed by atoms with Gasteiger partial charge >= 0.3 is 0 Å². The molecule has 2 aromatic carbocycles. The van der Waals surface area contributed by atoms with Crippen LogP contribution in [0.15, 0.2) is 73.2 Å². The van der Waals surface area contributed by atoms with Crippen molar-refractivity contribution in [2.75, 3.05) is 18.8 Å². The Labute approximate surface area is 203 Å². The number of para-hydroxylation sites is 1. The molecule has 6 rings (SSSR count). The van der Waals surface area contributed by atoms with E-state index in [0.717, 1.165) is 70.7 Å². The predicted octanol–water partition coefficient (Wildman–Crippen LogP) is 4.80. The Morgan fingerprint density at radius 1 is 1.00 bits per heavy atom. The Morgan fingerprint density at radius 2 is 1.80 bits per heavy atom. The zero-order valence-electron chi connectivity index (χ0n) is 19.6. The van der Waals surface area contributed by atoms with Gasteiger partial charge in [-0.25, -0.2) is 4.98 Å². The minimum atomic E-state index is 0.234. The van der Waals surface area contributed by atoms with Crippen LogP contribution < -0.4 is 15.8 Å². The molecule has 0 aliphatic carbocycles. The lowest BCUT2D eigenvalue weighted by atomic mass is 10.0.